The van der Waals surface area contributed by atoms with Crippen LogP contribution in [0.15, 0.2) is 42.6 Å². The Bertz CT molecular complexity index is 821. The number of carbonyl (C=O) groups is 3. The predicted molar refractivity (Wildman–Crippen MR) is 78.1 cm³/mol. The van der Waals surface area contributed by atoms with Crippen LogP contribution in [-0.4, -0.2) is 40.9 Å². The maximum atomic E-state index is 12.3. The van der Waals surface area contributed by atoms with Gasteiger partial charge < -0.3 is 9.57 Å². The van der Waals surface area contributed by atoms with E-state index in [-0.39, 0.29) is 16.9 Å². The number of alkyl halides is 2. The van der Waals surface area contributed by atoms with Gasteiger partial charge in [0.05, 0.1) is 11.1 Å². The van der Waals surface area contributed by atoms with Crippen LogP contribution in [0.25, 0.3) is 0 Å². The minimum absolute atomic E-state index is 0.0931. The molecule has 0 N–H and O–H groups in total. The van der Waals surface area contributed by atoms with Crippen molar-refractivity contribution in [2.45, 2.75) is 6.43 Å². The van der Waals surface area contributed by atoms with E-state index >= 15 is 0 Å². The molecule has 0 saturated carbocycles. The molecule has 7 nitrogen and oxygen atoms in total. The highest BCUT2D eigenvalue weighted by molar-refractivity contribution is 6.21. The number of halogens is 2. The van der Waals surface area contributed by atoms with Crippen LogP contribution in [0.3, 0.4) is 0 Å². The van der Waals surface area contributed by atoms with Crippen LogP contribution < -0.4 is 4.74 Å². The number of rotatable bonds is 5. The molecule has 2 aromatic rings. The van der Waals surface area contributed by atoms with Crippen molar-refractivity contribution < 1.29 is 32.7 Å². The fourth-order valence-corrected chi connectivity index (χ4v) is 2.19. The Hall–Kier alpha value is -3.36. The number of nitrogens with zero attached hydrogens (tertiary/aromatic N) is 2. The molecular formula is C16H10F2N2O5. The molecule has 0 bridgehead atoms. The van der Waals surface area contributed by atoms with E-state index in [4.69, 9.17) is 9.57 Å². The molecule has 0 unspecified atom stereocenters. The quantitative estimate of drug-likeness (QED) is 0.769. The Labute approximate surface area is 139 Å². The number of fused-ring (bicyclic) bond motifs is 1. The van der Waals surface area contributed by atoms with E-state index in [9.17, 15) is 23.2 Å². The first-order valence-electron chi connectivity index (χ1n) is 7.05. The number of benzene rings is 1. The van der Waals surface area contributed by atoms with E-state index in [2.05, 4.69) is 4.98 Å². The topological polar surface area (TPSA) is 85.8 Å². The number of ether oxygens (including phenoxy) is 1. The molecule has 1 aromatic heterocycles. The molecule has 0 saturated heterocycles. The smallest absolute Gasteiger partial charge is 0.385 e. The second-order valence-electron chi connectivity index (χ2n) is 4.88. The summed E-state index contributed by atoms with van der Waals surface area (Å²) >= 11 is 0. The van der Waals surface area contributed by atoms with Crippen molar-refractivity contribution in [3.8, 4) is 5.75 Å². The standard InChI is InChI=1S/C16H10F2N2O5/c17-12(18)8-24-11-6-3-7-19-13(11)16(23)25-20-14(21)9-4-1-2-5-10(9)15(20)22/h1-7,12H,8H2. The fourth-order valence-electron chi connectivity index (χ4n) is 2.19. The highest BCUT2D eigenvalue weighted by atomic mass is 19.3. The van der Waals surface area contributed by atoms with Gasteiger partial charge in [-0.1, -0.05) is 17.2 Å². The Balaban J connectivity index is 1.80. The van der Waals surface area contributed by atoms with Crippen LogP contribution in [0, 0.1) is 0 Å². The maximum absolute atomic E-state index is 12.3. The van der Waals surface area contributed by atoms with Gasteiger partial charge in [0.1, 0.15) is 6.61 Å². The minimum Gasteiger partial charge on any atom is -0.485 e. The second kappa shape index (κ2) is 6.63. The van der Waals surface area contributed by atoms with E-state index in [1.807, 2.05) is 0 Å². The molecular weight excluding hydrogens is 338 g/mol. The van der Waals surface area contributed by atoms with Gasteiger partial charge in [0.25, 0.3) is 18.2 Å². The molecule has 9 heteroatoms. The zero-order chi connectivity index (χ0) is 18.0. The molecule has 1 aliphatic heterocycles. The number of hydrogen-bond acceptors (Lipinski definition) is 6. The molecule has 1 aromatic carbocycles. The van der Waals surface area contributed by atoms with Crippen molar-refractivity contribution in [3.63, 3.8) is 0 Å². The summed E-state index contributed by atoms with van der Waals surface area (Å²) < 4.78 is 29.3. The van der Waals surface area contributed by atoms with E-state index < -0.39 is 36.5 Å². The van der Waals surface area contributed by atoms with E-state index in [0.29, 0.717) is 5.06 Å². The number of imide groups is 1. The molecule has 3 rings (SSSR count). The van der Waals surface area contributed by atoms with Crippen LogP contribution in [-0.2, 0) is 4.84 Å². The first-order valence-corrected chi connectivity index (χ1v) is 7.05. The fraction of sp³-hybridized carbons (Fsp3) is 0.125. The molecule has 25 heavy (non-hydrogen) atoms. The lowest BCUT2D eigenvalue weighted by Gasteiger charge is -2.14. The summed E-state index contributed by atoms with van der Waals surface area (Å²) in [6.07, 6.45) is -1.53. The second-order valence-corrected chi connectivity index (χ2v) is 4.88. The number of carbonyl (C=O) groups excluding carboxylic acids is 3. The molecule has 0 radical (unpaired) electrons. The summed E-state index contributed by atoms with van der Waals surface area (Å²) in [4.78, 5) is 45.0. The van der Waals surface area contributed by atoms with Gasteiger partial charge in [0.2, 0.25) is 0 Å². The Morgan fingerprint density at radius 1 is 1.08 bits per heavy atom. The lowest BCUT2D eigenvalue weighted by Crippen LogP contribution is -2.33. The highest BCUT2D eigenvalue weighted by Gasteiger charge is 2.39. The van der Waals surface area contributed by atoms with Crippen molar-refractivity contribution in [2.24, 2.45) is 0 Å². The molecule has 2 amide bonds. The number of hydroxylamine groups is 2. The van der Waals surface area contributed by atoms with Gasteiger partial charge >= 0.3 is 5.97 Å². The molecule has 0 fully saturated rings. The van der Waals surface area contributed by atoms with Gasteiger partial charge in [-0.2, -0.15) is 0 Å². The third-order valence-electron chi connectivity index (χ3n) is 3.26. The monoisotopic (exact) mass is 348 g/mol. The average Bonchev–Trinajstić information content (AvgIpc) is 2.85. The predicted octanol–water partition coefficient (Wildman–Crippen LogP) is 2.09. The van der Waals surface area contributed by atoms with Crippen molar-refractivity contribution in [1.82, 2.24) is 10.0 Å². The summed E-state index contributed by atoms with van der Waals surface area (Å²) in [6, 6.07) is 8.57. The van der Waals surface area contributed by atoms with Crippen molar-refractivity contribution in [1.29, 1.82) is 0 Å². The third-order valence-corrected chi connectivity index (χ3v) is 3.26. The first kappa shape index (κ1) is 16.5. The maximum Gasteiger partial charge on any atom is 0.385 e. The van der Waals surface area contributed by atoms with Gasteiger partial charge in [-0.15, -0.1) is 0 Å². The summed E-state index contributed by atoms with van der Waals surface area (Å²) in [5, 5.41) is 0.304. The molecule has 0 aliphatic carbocycles. The number of hydrogen-bond donors (Lipinski definition) is 0. The van der Waals surface area contributed by atoms with Gasteiger partial charge in [0, 0.05) is 6.20 Å². The van der Waals surface area contributed by atoms with Crippen molar-refractivity contribution >= 4 is 17.8 Å². The normalized spacial score (nSPS) is 13.2. The zero-order valence-electron chi connectivity index (χ0n) is 12.5. The van der Waals surface area contributed by atoms with Crippen LogP contribution >= 0.6 is 0 Å². The van der Waals surface area contributed by atoms with Crippen LogP contribution in [0.2, 0.25) is 0 Å². The summed E-state index contributed by atoms with van der Waals surface area (Å²) in [7, 11) is 0. The molecule has 0 spiro atoms. The molecule has 128 valence electrons. The van der Waals surface area contributed by atoms with Crippen LogP contribution in [0.5, 0.6) is 5.75 Å². The Kier molecular flexibility index (Phi) is 4.38. The number of pyridine rings is 1. The molecule has 1 aliphatic rings. The molecule has 0 atom stereocenters. The van der Waals surface area contributed by atoms with Gasteiger partial charge in [-0.3, -0.25) is 9.59 Å². The summed E-state index contributed by atoms with van der Waals surface area (Å²) in [6.45, 7) is -0.945. The summed E-state index contributed by atoms with van der Waals surface area (Å²) in [5.74, 6) is -3.04. The van der Waals surface area contributed by atoms with Gasteiger partial charge in [-0.05, 0) is 24.3 Å². The largest absolute Gasteiger partial charge is 0.485 e. The average molecular weight is 348 g/mol. The zero-order valence-corrected chi connectivity index (χ0v) is 12.5. The van der Waals surface area contributed by atoms with E-state index in [0.717, 1.165) is 0 Å². The molecule has 2 heterocycles. The Morgan fingerprint density at radius 3 is 2.32 bits per heavy atom. The number of amides is 2. The lowest BCUT2D eigenvalue weighted by atomic mass is 10.1. The van der Waals surface area contributed by atoms with Gasteiger partial charge in [0.15, 0.2) is 11.4 Å². The van der Waals surface area contributed by atoms with Crippen LogP contribution in [0.1, 0.15) is 31.2 Å². The minimum atomic E-state index is -2.75. The Morgan fingerprint density at radius 2 is 1.72 bits per heavy atom. The first-order chi connectivity index (χ1) is 12.0. The van der Waals surface area contributed by atoms with Crippen molar-refractivity contribution in [2.75, 3.05) is 6.61 Å². The lowest BCUT2D eigenvalue weighted by molar-refractivity contribution is -0.0591. The third kappa shape index (κ3) is 3.16. The van der Waals surface area contributed by atoms with Crippen molar-refractivity contribution in [3.05, 3.63) is 59.4 Å². The highest BCUT2D eigenvalue weighted by Crippen LogP contribution is 2.24. The van der Waals surface area contributed by atoms with E-state index in [1.54, 1.807) is 12.1 Å². The number of aromatic nitrogens is 1. The van der Waals surface area contributed by atoms with Crippen LogP contribution in [0.4, 0.5) is 8.78 Å². The van der Waals surface area contributed by atoms with E-state index in [1.165, 1.54) is 30.5 Å². The SMILES string of the molecule is O=C(ON1C(=O)c2ccccc2C1=O)c1ncccc1OCC(F)F. The summed E-state index contributed by atoms with van der Waals surface area (Å²) in [5.41, 5.74) is -0.245. The van der Waals surface area contributed by atoms with Gasteiger partial charge in [-0.25, -0.2) is 18.6 Å².